The van der Waals surface area contributed by atoms with Crippen molar-refractivity contribution in [1.29, 1.82) is 0 Å². The molecule has 0 saturated heterocycles. The Kier molecular flexibility index (Phi) is 2.83. The molecule has 1 aromatic rings. The molecule has 0 aliphatic rings. The maximum Gasteiger partial charge on any atom is 0.187 e. The van der Waals surface area contributed by atoms with Crippen molar-refractivity contribution in [3.63, 3.8) is 0 Å². The summed E-state index contributed by atoms with van der Waals surface area (Å²) >= 11 is 0. The van der Waals surface area contributed by atoms with Gasteiger partial charge in [-0.15, -0.1) is 0 Å². The number of nitrogens with two attached hydrogens (primary N) is 1. The van der Waals surface area contributed by atoms with Crippen LogP contribution < -0.4 is 5.73 Å². The average molecular weight is 187 g/mol. The van der Waals surface area contributed by atoms with Crippen LogP contribution in [0.1, 0.15) is 12.5 Å². The molecule has 0 amide bonds. The topological polar surface area (TPSA) is 46.2 Å². The highest BCUT2D eigenvalue weighted by Gasteiger charge is 2.09. The Labute approximate surface area is 75.0 Å². The molecular weight excluding hydrogens is 176 g/mol. The molecule has 0 aliphatic carbocycles. The minimum atomic E-state index is -0.948. The number of rotatable bonds is 2. The normalized spacial score (nSPS) is 12.9. The van der Waals surface area contributed by atoms with Crippen LogP contribution >= 0.6 is 0 Å². The molecule has 3 N–H and O–H groups in total. The van der Waals surface area contributed by atoms with E-state index in [2.05, 4.69) is 0 Å². The predicted octanol–water partition coefficient (Wildman–Crippen LogP) is 1.56. The maximum absolute atomic E-state index is 12.8. The van der Waals surface area contributed by atoms with E-state index in [4.69, 9.17) is 10.8 Å². The predicted molar refractivity (Wildman–Crippen MR) is 45.4 cm³/mol. The molecule has 0 saturated carbocycles. The summed E-state index contributed by atoms with van der Waals surface area (Å²) in [6, 6.07) is 2.01. The molecule has 1 rings (SSSR count). The van der Waals surface area contributed by atoms with E-state index < -0.39 is 17.4 Å². The SMILES string of the molecule is CC(N)Cc1cc(F)c(O)c(F)c1. The van der Waals surface area contributed by atoms with Crippen molar-refractivity contribution in [3.8, 4) is 5.75 Å². The molecule has 0 spiro atoms. The minimum Gasteiger partial charge on any atom is -0.503 e. The van der Waals surface area contributed by atoms with E-state index in [1.54, 1.807) is 6.92 Å². The van der Waals surface area contributed by atoms with Crippen molar-refractivity contribution in [3.05, 3.63) is 29.3 Å². The van der Waals surface area contributed by atoms with Gasteiger partial charge in [-0.3, -0.25) is 0 Å². The Morgan fingerprint density at radius 3 is 2.23 bits per heavy atom. The fourth-order valence-corrected chi connectivity index (χ4v) is 1.11. The highest BCUT2D eigenvalue weighted by Crippen LogP contribution is 2.21. The largest absolute Gasteiger partial charge is 0.503 e. The summed E-state index contributed by atoms with van der Waals surface area (Å²) in [7, 11) is 0. The first-order valence-electron chi connectivity index (χ1n) is 3.93. The molecule has 4 heteroatoms. The highest BCUT2D eigenvalue weighted by atomic mass is 19.1. The van der Waals surface area contributed by atoms with Gasteiger partial charge in [0.1, 0.15) is 0 Å². The molecule has 0 fully saturated rings. The Bertz CT molecular complexity index is 289. The summed E-state index contributed by atoms with van der Waals surface area (Å²) in [5, 5.41) is 8.78. The Hall–Kier alpha value is -1.16. The van der Waals surface area contributed by atoms with Crippen LogP contribution in [0.25, 0.3) is 0 Å². The van der Waals surface area contributed by atoms with Crippen LogP contribution in [-0.2, 0) is 6.42 Å². The van der Waals surface area contributed by atoms with Crippen molar-refractivity contribution >= 4 is 0 Å². The zero-order chi connectivity index (χ0) is 10.0. The molecular formula is C9H11F2NO. The Morgan fingerprint density at radius 1 is 1.38 bits per heavy atom. The van der Waals surface area contributed by atoms with E-state index in [0.717, 1.165) is 12.1 Å². The summed E-state index contributed by atoms with van der Waals surface area (Å²) < 4.78 is 25.5. The van der Waals surface area contributed by atoms with Crippen LogP contribution in [0.4, 0.5) is 8.78 Å². The van der Waals surface area contributed by atoms with Crippen LogP contribution in [-0.4, -0.2) is 11.1 Å². The lowest BCUT2D eigenvalue weighted by Gasteiger charge is -2.06. The monoisotopic (exact) mass is 187 g/mol. The van der Waals surface area contributed by atoms with E-state index in [-0.39, 0.29) is 6.04 Å². The molecule has 0 radical (unpaired) electrons. The lowest BCUT2D eigenvalue weighted by atomic mass is 10.1. The summed E-state index contributed by atoms with van der Waals surface area (Å²) in [4.78, 5) is 0. The van der Waals surface area contributed by atoms with Crippen molar-refractivity contribution in [2.45, 2.75) is 19.4 Å². The van der Waals surface area contributed by atoms with Crippen LogP contribution in [0.5, 0.6) is 5.75 Å². The van der Waals surface area contributed by atoms with E-state index >= 15 is 0 Å². The Balaban J connectivity index is 2.99. The molecule has 0 aromatic heterocycles. The van der Waals surface area contributed by atoms with Gasteiger partial charge in [0.25, 0.3) is 0 Å². The van der Waals surface area contributed by atoms with E-state index in [0.29, 0.717) is 12.0 Å². The first-order valence-corrected chi connectivity index (χ1v) is 3.93. The fraction of sp³-hybridized carbons (Fsp3) is 0.333. The number of halogens is 2. The number of benzene rings is 1. The molecule has 1 unspecified atom stereocenters. The van der Waals surface area contributed by atoms with E-state index in [1.165, 1.54) is 0 Å². The zero-order valence-corrected chi connectivity index (χ0v) is 7.22. The molecule has 0 bridgehead atoms. The molecule has 0 heterocycles. The smallest absolute Gasteiger partial charge is 0.187 e. The second kappa shape index (κ2) is 3.70. The number of phenols is 1. The highest BCUT2D eigenvalue weighted by molar-refractivity contribution is 5.30. The molecule has 13 heavy (non-hydrogen) atoms. The summed E-state index contributed by atoms with van der Waals surface area (Å²) in [6.07, 6.45) is 0.383. The van der Waals surface area contributed by atoms with Crippen molar-refractivity contribution in [2.24, 2.45) is 5.73 Å². The second-order valence-corrected chi connectivity index (χ2v) is 3.09. The first-order chi connectivity index (χ1) is 6.00. The van der Waals surface area contributed by atoms with Gasteiger partial charge >= 0.3 is 0 Å². The number of hydrogen-bond donors (Lipinski definition) is 2. The summed E-state index contributed by atoms with van der Waals surface area (Å²) in [6.45, 7) is 1.74. The number of hydrogen-bond acceptors (Lipinski definition) is 2. The second-order valence-electron chi connectivity index (χ2n) is 3.09. The third-order valence-corrected chi connectivity index (χ3v) is 1.63. The van der Waals surface area contributed by atoms with Crippen LogP contribution in [0.2, 0.25) is 0 Å². The molecule has 1 atom stereocenters. The van der Waals surface area contributed by atoms with Gasteiger partial charge in [-0.05, 0) is 31.0 Å². The van der Waals surface area contributed by atoms with Gasteiger partial charge < -0.3 is 10.8 Å². The van der Waals surface area contributed by atoms with E-state index in [1.807, 2.05) is 0 Å². The van der Waals surface area contributed by atoms with Crippen molar-refractivity contribution < 1.29 is 13.9 Å². The first kappa shape index (κ1) is 9.92. The molecule has 2 nitrogen and oxygen atoms in total. The zero-order valence-electron chi connectivity index (χ0n) is 7.22. The van der Waals surface area contributed by atoms with Crippen LogP contribution in [0.3, 0.4) is 0 Å². The van der Waals surface area contributed by atoms with Crippen molar-refractivity contribution in [2.75, 3.05) is 0 Å². The third-order valence-electron chi connectivity index (χ3n) is 1.63. The van der Waals surface area contributed by atoms with Gasteiger partial charge in [-0.2, -0.15) is 0 Å². The van der Waals surface area contributed by atoms with Gasteiger partial charge in [0.05, 0.1) is 0 Å². The summed E-state index contributed by atoms with van der Waals surface area (Å²) in [5.41, 5.74) is 5.90. The quantitative estimate of drug-likeness (QED) is 0.738. The lowest BCUT2D eigenvalue weighted by molar-refractivity contribution is 0.395. The maximum atomic E-state index is 12.8. The molecule has 72 valence electrons. The molecule has 0 aliphatic heterocycles. The third kappa shape index (κ3) is 2.39. The number of phenolic OH excluding ortho intramolecular Hbond substituents is 1. The molecule has 1 aromatic carbocycles. The Morgan fingerprint density at radius 2 is 1.85 bits per heavy atom. The van der Waals surface area contributed by atoms with Crippen molar-refractivity contribution in [1.82, 2.24) is 0 Å². The van der Waals surface area contributed by atoms with Gasteiger partial charge in [0.2, 0.25) is 0 Å². The summed E-state index contributed by atoms with van der Waals surface area (Å²) in [5.74, 6) is -2.83. The number of aromatic hydroxyl groups is 1. The van der Waals surface area contributed by atoms with Gasteiger partial charge in [-0.25, -0.2) is 8.78 Å². The van der Waals surface area contributed by atoms with Gasteiger partial charge in [-0.1, -0.05) is 0 Å². The standard InChI is InChI=1S/C9H11F2NO/c1-5(12)2-6-3-7(10)9(13)8(11)4-6/h3-5,13H,2,12H2,1H3. The van der Waals surface area contributed by atoms with E-state index in [9.17, 15) is 8.78 Å². The van der Waals surface area contributed by atoms with Crippen LogP contribution in [0.15, 0.2) is 12.1 Å². The van der Waals surface area contributed by atoms with Crippen LogP contribution in [0, 0.1) is 11.6 Å². The van der Waals surface area contributed by atoms with Gasteiger partial charge in [0.15, 0.2) is 17.4 Å². The fourth-order valence-electron chi connectivity index (χ4n) is 1.11. The van der Waals surface area contributed by atoms with Gasteiger partial charge in [0, 0.05) is 6.04 Å². The lowest BCUT2D eigenvalue weighted by Crippen LogP contribution is -2.17. The average Bonchev–Trinajstić information content (AvgIpc) is 1.98. The minimum absolute atomic E-state index is 0.164.